The van der Waals surface area contributed by atoms with Gasteiger partial charge in [-0.25, -0.2) is 0 Å². The third kappa shape index (κ3) is 1.48. The maximum Gasteiger partial charge on any atom is 0.250 e. The molecule has 3 nitrogen and oxygen atoms in total. The molecule has 1 aliphatic heterocycles. The quantitative estimate of drug-likeness (QED) is 0.615. The van der Waals surface area contributed by atoms with E-state index in [2.05, 4.69) is 4.99 Å². The molecule has 0 aromatic heterocycles. The lowest BCUT2D eigenvalue weighted by atomic mass is 9.99. The summed E-state index contributed by atoms with van der Waals surface area (Å²) in [5.74, 6) is -0.00468. The van der Waals surface area contributed by atoms with E-state index in [-0.39, 0.29) is 5.91 Å². The molecule has 0 unspecified atom stereocenters. The van der Waals surface area contributed by atoms with Gasteiger partial charge >= 0.3 is 0 Å². The first-order chi connectivity index (χ1) is 5.13. The van der Waals surface area contributed by atoms with Gasteiger partial charge in [-0.1, -0.05) is 13.8 Å². The fraction of sp³-hybridized carbons (Fsp3) is 0.500. The standard InChI is InChI=1S/C8H12N2O/c1-5(2)6-3-10-4-7(6)8(9)11/h4-5H,3H2,1-2H3,(H2,9,11). The van der Waals surface area contributed by atoms with Gasteiger partial charge in [-0.3, -0.25) is 9.79 Å². The van der Waals surface area contributed by atoms with Crippen molar-refractivity contribution in [2.75, 3.05) is 6.54 Å². The van der Waals surface area contributed by atoms with Gasteiger partial charge < -0.3 is 5.73 Å². The molecular formula is C8H12N2O. The lowest BCUT2D eigenvalue weighted by molar-refractivity contribution is -0.114. The molecule has 0 aliphatic carbocycles. The van der Waals surface area contributed by atoms with Gasteiger partial charge in [0.15, 0.2) is 0 Å². The van der Waals surface area contributed by atoms with Gasteiger partial charge in [0.2, 0.25) is 5.91 Å². The maximum atomic E-state index is 10.8. The van der Waals surface area contributed by atoms with Gasteiger partial charge in [-0.05, 0) is 11.5 Å². The van der Waals surface area contributed by atoms with E-state index in [9.17, 15) is 4.79 Å². The third-order valence-corrected chi connectivity index (χ3v) is 1.79. The summed E-state index contributed by atoms with van der Waals surface area (Å²) < 4.78 is 0. The fourth-order valence-corrected chi connectivity index (χ4v) is 1.12. The van der Waals surface area contributed by atoms with E-state index < -0.39 is 0 Å². The van der Waals surface area contributed by atoms with Crippen molar-refractivity contribution in [3.05, 3.63) is 11.1 Å². The number of amides is 1. The second-order valence-corrected chi connectivity index (χ2v) is 2.93. The number of aliphatic imine (C=N–C) groups is 1. The molecule has 0 aromatic rings. The molecule has 0 saturated heterocycles. The minimum absolute atomic E-state index is 0.361. The van der Waals surface area contributed by atoms with E-state index >= 15 is 0 Å². The average molecular weight is 152 g/mol. The highest BCUT2D eigenvalue weighted by atomic mass is 16.1. The van der Waals surface area contributed by atoms with Crippen LogP contribution in [0.2, 0.25) is 0 Å². The summed E-state index contributed by atoms with van der Waals surface area (Å²) in [5, 5.41) is 0. The Morgan fingerprint density at radius 1 is 1.73 bits per heavy atom. The molecule has 1 aliphatic rings. The highest BCUT2D eigenvalue weighted by Crippen LogP contribution is 2.18. The van der Waals surface area contributed by atoms with Crippen LogP contribution in [-0.2, 0) is 4.79 Å². The van der Waals surface area contributed by atoms with Crippen molar-refractivity contribution in [2.45, 2.75) is 13.8 Å². The number of hydrogen-bond acceptors (Lipinski definition) is 2. The lowest BCUT2D eigenvalue weighted by Crippen LogP contribution is -2.16. The van der Waals surface area contributed by atoms with Crippen molar-refractivity contribution >= 4 is 12.1 Å². The minimum Gasteiger partial charge on any atom is -0.366 e. The highest BCUT2D eigenvalue weighted by molar-refractivity contribution is 6.13. The molecule has 0 bridgehead atoms. The molecule has 2 N–H and O–H groups in total. The largest absolute Gasteiger partial charge is 0.366 e. The number of nitrogens with zero attached hydrogens (tertiary/aromatic N) is 1. The lowest BCUT2D eigenvalue weighted by Gasteiger charge is -2.06. The Hall–Kier alpha value is -1.12. The molecule has 3 heteroatoms. The smallest absolute Gasteiger partial charge is 0.250 e. The number of rotatable bonds is 2. The molecule has 0 spiro atoms. The summed E-state index contributed by atoms with van der Waals surface area (Å²) in [6.45, 7) is 4.70. The zero-order chi connectivity index (χ0) is 8.43. The molecule has 60 valence electrons. The van der Waals surface area contributed by atoms with Crippen LogP contribution in [0, 0.1) is 5.92 Å². The molecule has 1 amide bonds. The topological polar surface area (TPSA) is 55.5 Å². The first kappa shape index (κ1) is 7.98. The summed E-state index contributed by atoms with van der Waals surface area (Å²) in [4.78, 5) is 14.8. The molecule has 0 fully saturated rings. The molecule has 0 saturated carbocycles. The molecule has 11 heavy (non-hydrogen) atoms. The number of carbonyl (C=O) groups excluding carboxylic acids is 1. The molecule has 0 atom stereocenters. The minimum atomic E-state index is -0.366. The normalized spacial score (nSPS) is 16.6. The molecular weight excluding hydrogens is 140 g/mol. The van der Waals surface area contributed by atoms with Gasteiger partial charge in [0.1, 0.15) is 0 Å². The van der Waals surface area contributed by atoms with Crippen LogP contribution in [0.15, 0.2) is 16.1 Å². The van der Waals surface area contributed by atoms with E-state index in [1.165, 1.54) is 0 Å². The van der Waals surface area contributed by atoms with Crippen LogP contribution >= 0.6 is 0 Å². The summed E-state index contributed by atoms with van der Waals surface area (Å²) in [7, 11) is 0. The van der Waals surface area contributed by atoms with Crippen LogP contribution < -0.4 is 5.73 Å². The van der Waals surface area contributed by atoms with Crippen LogP contribution in [-0.4, -0.2) is 18.7 Å². The zero-order valence-corrected chi connectivity index (χ0v) is 6.79. The Labute approximate surface area is 66.0 Å². The summed E-state index contributed by atoms with van der Waals surface area (Å²) in [6, 6.07) is 0. The predicted molar refractivity (Wildman–Crippen MR) is 44.4 cm³/mol. The molecule has 1 heterocycles. The van der Waals surface area contributed by atoms with E-state index in [4.69, 9.17) is 5.73 Å². The van der Waals surface area contributed by atoms with Gasteiger partial charge in [-0.2, -0.15) is 0 Å². The van der Waals surface area contributed by atoms with Crippen LogP contribution in [0.4, 0.5) is 0 Å². The highest BCUT2D eigenvalue weighted by Gasteiger charge is 2.16. The van der Waals surface area contributed by atoms with Crippen molar-refractivity contribution in [1.82, 2.24) is 0 Å². The summed E-state index contributed by atoms with van der Waals surface area (Å²) >= 11 is 0. The molecule has 0 radical (unpaired) electrons. The van der Waals surface area contributed by atoms with E-state index in [1.54, 1.807) is 6.21 Å². The molecule has 0 aromatic carbocycles. The number of nitrogens with two attached hydrogens (primary N) is 1. The van der Waals surface area contributed by atoms with Crippen LogP contribution in [0.25, 0.3) is 0 Å². The van der Waals surface area contributed by atoms with Gasteiger partial charge in [0.05, 0.1) is 12.1 Å². The average Bonchev–Trinajstić information content (AvgIpc) is 2.32. The predicted octanol–water partition coefficient (Wildman–Crippen LogP) is 0.509. The Bertz CT molecular complexity index is 238. The summed E-state index contributed by atoms with van der Waals surface area (Å²) in [6.07, 6.45) is 1.57. The Kier molecular flexibility index (Phi) is 2.08. The molecule has 1 rings (SSSR count). The van der Waals surface area contributed by atoms with Crippen molar-refractivity contribution in [3.8, 4) is 0 Å². The third-order valence-electron chi connectivity index (χ3n) is 1.79. The Morgan fingerprint density at radius 2 is 2.36 bits per heavy atom. The summed E-state index contributed by atoms with van der Waals surface area (Å²) in [5.41, 5.74) is 6.79. The van der Waals surface area contributed by atoms with Crippen LogP contribution in [0.5, 0.6) is 0 Å². The van der Waals surface area contributed by atoms with Crippen molar-refractivity contribution in [2.24, 2.45) is 16.6 Å². The van der Waals surface area contributed by atoms with Gasteiger partial charge in [-0.15, -0.1) is 0 Å². The van der Waals surface area contributed by atoms with E-state index in [1.807, 2.05) is 13.8 Å². The second-order valence-electron chi connectivity index (χ2n) is 2.93. The Balaban J connectivity index is 2.93. The first-order valence-corrected chi connectivity index (χ1v) is 3.65. The fourth-order valence-electron chi connectivity index (χ4n) is 1.12. The zero-order valence-electron chi connectivity index (χ0n) is 6.79. The first-order valence-electron chi connectivity index (χ1n) is 3.65. The van der Waals surface area contributed by atoms with E-state index in [0.717, 1.165) is 5.57 Å². The SMILES string of the molecule is CC(C)C1=C(C(N)=O)C=NC1. The number of primary amides is 1. The monoisotopic (exact) mass is 152 g/mol. The second kappa shape index (κ2) is 2.86. The maximum absolute atomic E-state index is 10.8. The van der Waals surface area contributed by atoms with Gasteiger partial charge in [0.25, 0.3) is 0 Å². The number of carbonyl (C=O) groups is 1. The van der Waals surface area contributed by atoms with Crippen molar-refractivity contribution < 1.29 is 4.79 Å². The van der Waals surface area contributed by atoms with Crippen molar-refractivity contribution in [1.29, 1.82) is 0 Å². The Morgan fingerprint density at radius 3 is 2.73 bits per heavy atom. The number of hydrogen-bond donors (Lipinski definition) is 1. The van der Waals surface area contributed by atoms with Gasteiger partial charge in [0, 0.05) is 6.21 Å². The van der Waals surface area contributed by atoms with Crippen LogP contribution in [0.3, 0.4) is 0 Å². The van der Waals surface area contributed by atoms with E-state index in [0.29, 0.717) is 18.0 Å². The van der Waals surface area contributed by atoms with Crippen LogP contribution in [0.1, 0.15) is 13.8 Å². The van der Waals surface area contributed by atoms with Crippen molar-refractivity contribution in [3.63, 3.8) is 0 Å².